The lowest BCUT2D eigenvalue weighted by Gasteiger charge is -2.31. The van der Waals surface area contributed by atoms with Crippen LogP contribution in [0, 0.1) is 22.7 Å². The van der Waals surface area contributed by atoms with Crippen LogP contribution in [0.3, 0.4) is 0 Å². The van der Waals surface area contributed by atoms with E-state index in [1.807, 2.05) is 30.3 Å². The molecule has 1 aliphatic carbocycles. The Bertz CT molecular complexity index is 1450. The van der Waals surface area contributed by atoms with Crippen LogP contribution < -0.4 is 27.4 Å². The van der Waals surface area contributed by atoms with Crippen molar-refractivity contribution >= 4 is 29.4 Å². The normalized spacial score (nSPS) is 14.5. The van der Waals surface area contributed by atoms with E-state index in [0.29, 0.717) is 11.1 Å². The molecule has 3 aromatic rings. The molecule has 3 aromatic carbocycles. The molecular weight excluding hydrogens is 554 g/mol. The van der Waals surface area contributed by atoms with E-state index < -0.39 is 23.8 Å². The Morgan fingerprint density at radius 1 is 0.659 bits per heavy atom. The van der Waals surface area contributed by atoms with Gasteiger partial charge in [-0.25, -0.2) is 0 Å². The first kappa shape index (κ1) is 31.9. The van der Waals surface area contributed by atoms with Crippen molar-refractivity contribution in [2.75, 3.05) is 0 Å². The number of hydrogen-bond donors (Lipinski definition) is 7. The van der Waals surface area contributed by atoms with E-state index in [9.17, 15) is 14.4 Å². The largest absolute Gasteiger partial charge is 0.384 e. The predicted octanol–water partition coefficient (Wildman–Crippen LogP) is 3.11. The third kappa shape index (κ3) is 9.00. The first-order chi connectivity index (χ1) is 21.2. The van der Waals surface area contributed by atoms with Gasteiger partial charge in [0.25, 0.3) is 0 Å². The summed E-state index contributed by atoms with van der Waals surface area (Å²) in [4.78, 5) is 40.9. The van der Waals surface area contributed by atoms with Crippen LogP contribution in [0.1, 0.15) is 59.9 Å². The summed E-state index contributed by atoms with van der Waals surface area (Å²) in [5.41, 5.74) is 14.8. The van der Waals surface area contributed by atoms with Crippen LogP contribution in [0.15, 0.2) is 78.9 Å². The molecule has 230 valence electrons. The second-order valence-corrected chi connectivity index (χ2v) is 11.3. The van der Waals surface area contributed by atoms with E-state index in [4.69, 9.17) is 22.3 Å². The lowest BCUT2D eigenvalue weighted by molar-refractivity contribution is -0.138. The average molecular weight is 596 g/mol. The van der Waals surface area contributed by atoms with Crippen molar-refractivity contribution in [1.29, 1.82) is 10.8 Å². The fourth-order valence-corrected chi connectivity index (χ4v) is 5.49. The summed E-state index contributed by atoms with van der Waals surface area (Å²) in [7, 11) is 0. The molecule has 1 unspecified atom stereocenters. The predicted molar refractivity (Wildman–Crippen MR) is 171 cm³/mol. The topological polar surface area (TPSA) is 187 Å². The number of hydrogen-bond acceptors (Lipinski definition) is 5. The number of rotatable bonds is 13. The molecule has 0 heterocycles. The summed E-state index contributed by atoms with van der Waals surface area (Å²) in [6, 6.07) is 22.6. The molecule has 1 fully saturated rings. The highest BCUT2D eigenvalue weighted by Crippen LogP contribution is 2.27. The Morgan fingerprint density at radius 2 is 1.16 bits per heavy atom. The maximum absolute atomic E-state index is 13.9. The third-order valence-corrected chi connectivity index (χ3v) is 8.08. The lowest BCUT2D eigenvalue weighted by Crippen LogP contribution is -2.54. The number of amides is 3. The second-order valence-electron chi connectivity index (χ2n) is 11.3. The van der Waals surface area contributed by atoms with Gasteiger partial charge in [0.2, 0.25) is 17.7 Å². The number of amidine groups is 2. The van der Waals surface area contributed by atoms with Gasteiger partial charge in [-0.1, -0.05) is 98.1 Å². The number of carbonyl (C=O) groups is 3. The van der Waals surface area contributed by atoms with Crippen LogP contribution in [0.25, 0.3) is 0 Å². The molecule has 2 atom stereocenters. The molecule has 4 rings (SSSR count). The zero-order valence-electron chi connectivity index (χ0n) is 24.8. The zero-order valence-corrected chi connectivity index (χ0v) is 24.8. The van der Waals surface area contributed by atoms with Gasteiger partial charge in [0.15, 0.2) is 0 Å². The maximum atomic E-state index is 13.9. The molecule has 0 bridgehead atoms. The van der Waals surface area contributed by atoms with E-state index in [1.54, 1.807) is 48.5 Å². The molecule has 1 aliphatic rings. The first-order valence-electron chi connectivity index (χ1n) is 15.0. The van der Waals surface area contributed by atoms with Crippen molar-refractivity contribution in [3.63, 3.8) is 0 Å². The van der Waals surface area contributed by atoms with Gasteiger partial charge < -0.3 is 27.4 Å². The van der Waals surface area contributed by atoms with Crippen LogP contribution in [-0.4, -0.2) is 35.4 Å². The van der Waals surface area contributed by atoms with Crippen LogP contribution in [0.2, 0.25) is 0 Å². The standard InChI is InChI=1S/C34H41N7O3/c35-30(36)26-15-11-22(12-16-26)19-28(32(42)39-20-23-7-3-1-4-8-23)33(43)41-29(25-9-5-2-6-10-25)34(44)40-21-24-13-17-27(18-14-24)31(37)38/h1,3-4,7-8,11-18,25,28-29H,2,5-6,9-10,19-21H2,(H3,35,36)(H3,37,38)(H,39,42)(H,40,44)(H,41,43)/t28?,29-/m0/s1. The highest BCUT2D eigenvalue weighted by molar-refractivity contribution is 6.02. The average Bonchev–Trinajstić information content (AvgIpc) is 3.05. The highest BCUT2D eigenvalue weighted by atomic mass is 16.2. The number of nitrogens with two attached hydrogens (primary N) is 2. The molecule has 0 spiro atoms. The number of carbonyl (C=O) groups excluding carboxylic acids is 3. The first-order valence-corrected chi connectivity index (χ1v) is 15.0. The Kier molecular flexibility index (Phi) is 11.2. The molecule has 1 saturated carbocycles. The molecule has 3 amide bonds. The smallest absolute Gasteiger partial charge is 0.243 e. The lowest BCUT2D eigenvalue weighted by atomic mass is 9.83. The second kappa shape index (κ2) is 15.5. The molecule has 9 N–H and O–H groups in total. The molecule has 0 aromatic heterocycles. The van der Waals surface area contributed by atoms with E-state index in [-0.39, 0.29) is 43.0 Å². The van der Waals surface area contributed by atoms with Crippen molar-refractivity contribution in [2.45, 2.75) is 57.7 Å². The van der Waals surface area contributed by atoms with Gasteiger partial charge in [0.1, 0.15) is 23.6 Å². The van der Waals surface area contributed by atoms with Gasteiger partial charge >= 0.3 is 0 Å². The number of nitrogen functional groups attached to an aromatic ring is 2. The van der Waals surface area contributed by atoms with Gasteiger partial charge in [-0.05, 0) is 41.9 Å². The molecule has 0 aliphatic heterocycles. The molecular formula is C34H41N7O3. The molecule has 0 saturated heterocycles. The van der Waals surface area contributed by atoms with E-state index in [1.165, 1.54) is 0 Å². The van der Waals surface area contributed by atoms with Gasteiger partial charge in [0.05, 0.1) is 0 Å². The summed E-state index contributed by atoms with van der Waals surface area (Å²) in [6.07, 6.45) is 4.76. The molecule has 10 heteroatoms. The Balaban J connectivity index is 1.51. The molecule has 10 nitrogen and oxygen atoms in total. The summed E-state index contributed by atoms with van der Waals surface area (Å²) in [5.74, 6) is -2.47. The van der Waals surface area contributed by atoms with Crippen LogP contribution in [0.4, 0.5) is 0 Å². The van der Waals surface area contributed by atoms with Crippen LogP contribution in [0.5, 0.6) is 0 Å². The Labute approximate surface area is 258 Å². The van der Waals surface area contributed by atoms with Gasteiger partial charge in [-0.2, -0.15) is 0 Å². The van der Waals surface area contributed by atoms with Crippen molar-refractivity contribution in [3.05, 3.63) is 107 Å². The minimum Gasteiger partial charge on any atom is -0.384 e. The summed E-state index contributed by atoms with van der Waals surface area (Å²) in [6.45, 7) is 0.515. The highest BCUT2D eigenvalue weighted by Gasteiger charge is 2.35. The van der Waals surface area contributed by atoms with Crippen LogP contribution >= 0.6 is 0 Å². The van der Waals surface area contributed by atoms with Crippen LogP contribution in [-0.2, 0) is 33.9 Å². The van der Waals surface area contributed by atoms with Crippen molar-refractivity contribution in [1.82, 2.24) is 16.0 Å². The quantitative estimate of drug-likeness (QED) is 0.0907. The van der Waals surface area contributed by atoms with Crippen molar-refractivity contribution < 1.29 is 14.4 Å². The monoisotopic (exact) mass is 595 g/mol. The van der Waals surface area contributed by atoms with Crippen molar-refractivity contribution in [2.24, 2.45) is 23.3 Å². The van der Waals surface area contributed by atoms with Gasteiger partial charge in [-0.15, -0.1) is 0 Å². The summed E-state index contributed by atoms with van der Waals surface area (Å²) < 4.78 is 0. The molecule has 0 radical (unpaired) electrons. The minimum absolute atomic E-state index is 0.0298. The summed E-state index contributed by atoms with van der Waals surface area (Å²) >= 11 is 0. The van der Waals surface area contributed by atoms with E-state index in [0.717, 1.165) is 48.8 Å². The fourth-order valence-electron chi connectivity index (χ4n) is 5.49. The summed E-state index contributed by atoms with van der Waals surface area (Å²) in [5, 5.41) is 24.0. The SMILES string of the molecule is N=C(N)c1ccc(CNC(=O)[C@@H](NC(=O)C(Cc2ccc(C(=N)N)cc2)C(=O)NCc2ccccc2)C2CCCCC2)cc1. The fraction of sp³-hybridized carbons (Fsp3) is 0.324. The maximum Gasteiger partial charge on any atom is 0.243 e. The van der Waals surface area contributed by atoms with Crippen molar-refractivity contribution in [3.8, 4) is 0 Å². The minimum atomic E-state index is -1.08. The zero-order chi connectivity index (χ0) is 31.5. The van der Waals surface area contributed by atoms with E-state index >= 15 is 0 Å². The number of benzene rings is 3. The Morgan fingerprint density at radius 3 is 1.70 bits per heavy atom. The van der Waals surface area contributed by atoms with Gasteiger partial charge in [0, 0.05) is 24.2 Å². The number of nitrogens with one attached hydrogen (secondary N) is 5. The molecule has 44 heavy (non-hydrogen) atoms. The van der Waals surface area contributed by atoms with E-state index in [2.05, 4.69) is 16.0 Å². The third-order valence-electron chi connectivity index (χ3n) is 8.08. The van der Waals surface area contributed by atoms with Gasteiger partial charge in [-0.3, -0.25) is 25.2 Å². The Hall–Kier alpha value is -4.99.